The minimum Gasteiger partial charge on any atom is -0.404 e. The summed E-state index contributed by atoms with van der Waals surface area (Å²) < 4.78 is 38.8. The number of hydrogen-bond donors (Lipinski definition) is 1. The molecule has 0 heterocycles. The van der Waals surface area contributed by atoms with Crippen LogP contribution in [0.3, 0.4) is 0 Å². The lowest BCUT2D eigenvalue weighted by Gasteiger charge is -2.10. The maximum Gasteiger partial charge on any atom is 0.573 e. The number of anilines is 1. The SMILES string of the molecule is Nc1cc([N+](=O)[O-])ccc1OC(F)(F)F. The molecular formula is C7H5F3N2O3. The molecule has 1 rings (SSSR count). The summed E-state index contributed by atoms with van der Waals surface area (Å²) in [6.45, 7) is 0. The van der Waals surface area contributed by atoms with E-state index in [4.69, 9.17) is 5.73 Å². The molecule has 0 amide bonds. The summed E-state index contributed by atoms with van der Waals surface area (Å²) in [7, 11) is 0. The molecule has 82 valence electrons. The Balaban J connectivity index is 2.99. The first kappa shape index (κ1) is 11.1. The van der Waals surface area contributed by atoms with Gasteiger partial charge in [0.2, 0.25) is 0 Å². The van der Waals surface area contributed by atoms with E-state index >= 15 is 0 Å². The number of halogens is 3. The van der Waals surface area contributed by atoms with Crippen LogP contribution in [0.15, 0.2) is 18.2 Å². The smallest absolute Gasteiger partial charge is 0.404 e. The van der Waals surface area contributed by atoms with Crippen molar-refractivity contribution >= 4 is 11.4 Å². The number of benzene rings is 1. The van der Waals surface area contributed by atoms with Gasteiger partial charge in [0, 0.05) is 12.1 Å². The fourth-order valence-electron chi connectivity index (χ4n) is 0.867. The van der Waals surface area contributed by atoms with Crippen LogP contribution in [0.5, 0.6) is 5.75 Å². The molecule has 0 fully saturated rings. The van der Waals surface area contributed by atoms with Gasteiger partial charge in [0.1, 0.15) is 0 Å². The zero-order chi connectivity index (χ0) is 11.6. The zero-order valence-corrected chi connectivity index (χ0v) is 7.12. The van der Waals surface area contributed by atoms with E-state index < -0.39 is 28.4 Å². The second kappa shape index (κ2) is 3.64. The van der Waals surface area contributed by atoms with E-state index in [1.54, 1.807) is 0 Å². The molecule has 15 heavy (non-hydrogen) atoms. The number of nitro benzene ring substituents is 1. The van der Waals surface area contributed by atoms with Crippen LogP contribution in [0.1, 0.15) is 0 Å². The molecule has 1 aromatic rings. The van der Waals surface area contributed by atoms with E-state index in [1.165, 1.54) is 0 Å². The summed E-state index contributed by atoms with van der Waals surface area (Å²) in [4.78, 5) is 9.47. The van der Waals surface area contributed by atoms with Gasteiger partial charge in [-0.15, -0.1) is 13.2 Å². The highest BCUT2D eigenvalue weighted by atomic mass is 19.4. The van der Waals surface area contributed by atoms with Crippen LogP contribution in [0, 0.1) is 10.1 Å². The fraction of sp³-hybridized carbons (Fsp3) is 0.143. The lowest BCUT2D eigenvalue weighted by molar-refractivity contribution is -0.384. The molecule has 0 saturated heterocycles. The predicted octanol–water partition coefficient (Wildman–Crippen LogP) is 2.08. The molecule has 0 aliphatic carbocycles. The predicted molar refractivity (Wildman–Crippen MR) is 44.2 cm³/mol. The van der Waals surface area contributed by atoms with Gasteiger partial charge in [-0.3, -0.25) is 10.1 Å². The lowest BCUT2D eigenvalue weighted by atomic mass is 10.2. The summed E-state index contributed by atoms with van der Waals surface area (Å²) in [5.41, 5.74) is 4.29. The monoisotopic (exact) mass is 222 g/mol. The number of nitrogens with zero attached hydrogens (tertiary/aromatic N) is 1. The van der Waals surface area contributed by atoms with E-state index in [-0.39, 0.29) is 0 Å². The molecule has 0 aromatic heterocycles. The van der Waals surface area contributed by atoms with Crippen molar-refractivity contribution in [2.45, 2.75) is 6.36 Å². The highest BCUT2D eigenvalue weighted by Crippen LogP contribution is 2.30. The first-order valence-electron chi connectivity index (χ1n) is 3.59. The van der Waals surface area contributed by atoms with Crippen molar-refractivity contribution in [3.63, 3.8) is 0 Å². The summed E-state index contributed by atoms with van der Waals surface area (Å²) in [5.74, 6) is -0.659. The van der Waals surface area contributed by atoms with Crippen LogP contribution in [0.2, 0.25) is 0 Å². The number of nitrogens with two attached hydrogens (primary N) is 1. The van der Waals surface area contributed by atoms with Gasteiger partial charge in [-0.25, -0.2) is 0 Å². The standard InChI is InChI=1S/C7H5F3N2O3/c8-7(9,10)15-6-2-1-4(12(13)14)3-5(6)11/h1-3H,11H2. The maximum atomic E-state index is 11.8. The third-order valence-electron chi connectivity index (χ3n) is 1.43. The van der Waals surface area contributed by atoms with Gasteiger partial charge >= 0.3 is 6.36 Å². The lowest BCUT2D eigenvalue weighted by Crippen LogP contribution is -2.18. The van der Waals surface area contributed by atoms with Gasteiger partial charge in [0.15, 0.2) is 5.75 Å². The van der Waals surface area contributed by atoms with Crippen LogP contribution in [0.4, 0.5) is 24.5 Å². The molecule has 0 radical (unpaired) electrons. The van der Waals surface area contributed by atoms with Crippen molar-refractivity contribution in [2.75, 3.05) is 5.73 Å². The topological polar surface area (TPSA) is 78.4 Å². The van der Waals surface area contributed by atoms with Crippen LogP contribution in [0.25, 0.3) is 0 Å². The Hall–Kier alpha value is -1.99. The Labute approximate surface area is 81.4 Å². The third kappa shape index (κ3) is 3.01. The first-order valence-corrected chi connectivity index (χ1v) is 3.59. The minimum atomic E-state index is -4.87. The highest BCUT2D eigenvalue weighted by Gasteiger charge is 2.32. The van der Waals surface area contributed by atoms with Crippen molar-refractivity contribution in [3.05, 3.63) is 28.3 Å². The van der Waals surface area contributed by atoms with Crippen LogP contribution in [-0.4, -0.2) is 11.3 Å². The van der Waals surface area contributed by atoms with Gasteiger partial charge in [-0.2, -0.15) is 0 Å². The Bertz CT molecular complexity index is 392. The summed E-state index contributed by atoms with van der Waals surface area (Å²) >= 11 is 0. The molecule has 0 aliphatic heterocycles. The average molecular weight is 222 g/mol. The van der Waals surface area contributed by atoms with E-state index in [0.29, 0.717) is 0 Å². The molecule has 2 N–H and O–H groups in total. The Morgan fingerprint density at radius 2 is 2.00 bits per heavy atom. The summed E-state index contributed by atoms with van der Waals surface area (Å²) in [6, 6.07) is 2.46. The largest absolute Gasteiger partial charge is 0.573 e. The fourth-order valence-corrected chi connectivity index (χ4v) is 0.867. The molecule has 0 unspecified atom stereocenters. The quantitative estimate of drug-likeness (QED) is 0.472. The van der Waals surface area contributed by atoms with Crippen LogP contribution in [-0.2, 0) is 0 Å². The van der Waals surface area contributed by atoms with E-state index in [9.17, 15) is 23.3 Å². The molecule has 5 nitrogen and oxygen atoms in total. The number of non-ortho nitro benzene ring substituents is 1. The number of nitrogen functional groups attached to an aromatic ring is 1. The van der Waals surface area contributed by atoms with Crippen molar-refractivity contribution in [1.29, 1.82) is 0 Å². The van der Waals surface area contributed by atoms with Gasteiger partial charge in [-0.1, -0.05) is 0 Å². The first-order chi connectivity index (χ1) is 6.79. The van der Waals surface area contributed by atoms with Crippen molar-refractivity contribution in [3.8, 4) is 5.75 Å². The number of rotatable bonds is 2. The van der Waals surface area contributed by atoms with Crippen molar-refractivity contribution < 1.29 is 22.8 Å². The van der Waals surface area contributed by atoms with Gasteiger partial charge < -0.3 is 10.5 Å². The second-order valence-electron chi connectivity index (χ2n) is 2.53. The Kier molecular flexibility index (Phi) is 2.69. The Morgan fingerprint density at radius 1 is 1.40 bits per heavy atom. The zero-order valence-electron chi connectivity index (χ0n) is 7.12. The van der Waals surface area contributed by atoms with Crippen molar-refractivity contribution in [2.24, 2.45) is 0 Å². The number of nitro groups is 1. The molecule has 0 aliphatic rings. The molecule has 0 atom stereocenters. The minimum absolute atomic E-state index is 0.401. The van der Waals surface area contributed by atoms with Gasteiger partial charge in [-0.05, 0) is 6.07 Å². The average Bonchev–Trinajstić information content (AvgIpc) is 2.05. The molecular weight excluding hydrogens is 217 g/mol. The maximum absolute atomic E-state index is 11.8. The van der Waals surface area contributed by atoms with Crippen LogP contribution >= 0.6 is 0 Å². The summed E-state index contributed by atoms with van der Waals surface area (Å²) in [6.07, 6.45) is -4.87. The van der Waals surface area contributed by atoms with Gasteiger partial charge in [0.05, 0.1) is 10.6 Å². The molecule has 0 bridgehead atoms. The normalized spacial score (nSPS) is 11.1. The highest BCUT2D eigenvalue weighted by molar-refractivity contribution is 5.58. The second-order valence-corrected chi connectivity index (χ2v) is 2.53. The van der Waals surface area contributed by atoms with E-state index in [0.717, 1.165) is 18.2 Å². The van der Waals surface area contributed by atoms with E-state index in [2.05, 4.69) is 4.74 Å². The summed E-state index contributed by atoms with van der Waals surface area (Å²) in [5, 5.41) is 10.2. The van der Waals surface area contributed by atoms with E-state index in [1.807, 2.05) is 0 Å². The molecule has 0 spiro atoms. The third-order valence-corrected chi connectivity index (χ3v) is 1.43. The van der Waals surface area contributed by atoms with Crippen molar-refractivity contribution in [1.82, 2.24) is 0 Å². The number of ether oxygens (including phenoxy) is 1. The molecule has 0 saturated carbocycles. The number of alkyl halides is 3. The van der Waals surface area contributed by atoms with Gasteiger partial charge in [0.25, 0.3) is 5.69 Å². The molecule has 1 aromatic carbocycles. The van der Waals surface area contributed by atoms with Crippen LogP contribution < -0.4 is 10.5 Å². The number of hydrogen-bond acceptors (Lipinski definition) is 4. The molecule has 8 heteroatoms. The Morgan fingerprint density at radius 3 is 2.40 bits per heavy atom.